The smallest absolute Gasteiger partial charge is 0.126 e. The summed E-state index contributed by atoms with van der Waals surface area (Å²) in [5.41, 5.74) is 6.16. The summed E-state index contributed by atoms with van der Waals surface area (Å²) in [6.45, 7) is 3.30. The van der Waals surface area contributed by atoms with Gasteiger partial charge in [-0.05, 0) is 43.5 Å². The maximum atomic E-state index is 13.2. The highest BCUT2D eigenvalue weighted by molar-refractivity contribution is 5.25. The van der Waals surface area contributed by atoms with Crippen molar-refractivity contribution in [2.45, 2.75) is 26.3 Å². The minimum atomic E-state index is -0.379. The molecule has 0 saturated carbocycles. The van der Waals surface area contributed by atoms with Gasteiger partial charge in [-0.15, -0.1) is 0 Å². The zero-order chi connectivity index (χ0) is 10.0. The fourth-order valence-corrected chi connectivity index (χ4v) is 1.19. The summed E-state index contributed by atoms with van der Waals surface area (Å²) in [6, 6.07) is 2.26. The van der Waals surface area contributed by atoms with Crippen LogP contribution in [0.15, 0.2) is 12.1 Å². The van der Waals surface area contributed by atoms with E-state index in [-0.39, 0.29) is 17.7 Å². The maximum Gasteiger partial charge on any atom is 0.126 e. The molecule has 0 aliphatic rings. The van der Waals surface area contributed by atoms with Crippen molar-refractivity contribution in [1.82, 2.24) is 0 Å². The van der Waals surface area contributed by atoms with E-state index in [1.54, 1.807) is 6.92 Å². The Hall–Kier alpha value is -0.960. The van der Waals surface area contributed by atoms with Gasteiger partial charge in [-0.25, -0.2) is 8.78 Å². The lowest BCUT2D eigenvalue weighted by Gasteiger charge is -2.07. The molecule has 0 fully saturated rings. The Balaban J connectivity index is 3.01. The number of nitrogens with two attached hydrogens (primary N) is 1. The van der Waals surface area contributed by atoms with Gasteiger partial charge in [-0.3, -0.25) is 0 Å². The standard InChI is InChI=1S/C10H13F2N/c1-6-3-10(12)8(4-7(2)13)5-9(6)11/h3,5,7H,4,13H2,1-2H3/t7-/m1/s1. The van der Waals surface area contributed by atoms with Gasteiger partial charge in [0.1, 0.15) is 11.6 Å². The van der Waals surface area contributed by atoms with Gasteiger partial charge in [0.05, 0.1) is 0 Å². The van der Waals surface area contributed by atoms with Crippen LogP contribution in [0.5, 0.6) is 0 Å². The van der Waals surface area contributed by atoms with Crippen molar-refractivity contribution in [1.29, 1.82) is 0 Å². The van der Waals surface area contributed by atoms with E-state index < -0.39 is 0 Å². The fourth-order valence-electron chi connectivity index (χ4n) is 1.19. The summed E-state index contributed by atoms with van der Waals surface area (Å²) in [5.74, 6) is -0.756. The summed E-state index contributed by atoms with van der Waals surface area (Å²) in [7, 11) is 0. The quantitative estimate of drug-likeness (QED) is 0.750. The van der Waals surface area contributed by atoms with Gasteiger partial charge in [0.15, 0.2) is 0 Å². The molecule has 0 radical (unpaired) electrons. The van der Waals surface area contributed by atoms with E-state index in [0.29, 0.717) is 17.5 Å². The lowest BCUT2D eigenvalue weighted by atomic mass is 10.0. The first-order chi connectivity index (χ1) is 6.00. The Kier molecular flexibility index (Phi) is 2.98. The summed E-state index contributed by atoms with van der Waals surface area (Å²) >= 11 is 0. The molecule has 1 rings (SSSR count). The number of hydrogen-bond donors (Lipinski definition) is 1. The molecule has 0 bridgehead atoms. The minimum absolute atomic E-state index is 0.156. The summed E-state index contributed by atoms with van der Waals surface area (Å²) in [5, 5.41) is 0. The summed E-state index contributed by atoms with van der Waals surface area (Å²) in [4.78, 5) is 0. The van der Waals surface area contributed by atoms with E-state index in [2.05, 4.69) is 0 Å². The third-order valence-electron chi connectivity index (χ3n) is 1.87. The van der Waals surface area contributed by atoms with Gasteiger partial charge in [0.2, 0.25) is 0 Å². The molecule has 1 aromatic carbocycles. The third-order valence-corrected chi connectivity index (χ3v) is 1.87. The van der Waals surface area contributed by atoms with E-state index in [1.807, 2.05) is 0 Å². The maximum absolute atomic E-state index is 13.2. The van der Waals surface area contributed by atoms with Crippen LogP contribution in [0.3, 0.4) is 0 Å². The molecule has 0 aliphatic carbocycles. The van der Waals surface area contributed by atoms with Crippen molar-refractivity contribution in [3.63, 3.8) is 0 Å². The topological polar surface area (TPSA) is 26.0 Å². The molecule has 1 atom stereocenters. The largest absolute Gasteiger partial charge is 0.328 e. The predicted molar refractivity (Wildman–Crippen MR) is 48.4 cm³/mol. The molecule has 1 aromatic rings. The molecule has 0 amide bonds. The highest BCUT2D eigenvalue weighted by Gasteiger charge is 2.08. The van der Waals surface area contributed by atoms with Crippen LogP contribution in [0.1, 0.15) is 18.1 Å². The van der Waals surface area contributed by atoms with Crippen LogP contribution in [-0.2, 0) is 6.42 Å². The van der Waals surface area contributed by atoms with Crippen LogP contribution in [0.2, 0.25) is 0 Å². The van der Waals surface area contributed by atoms with E-state index in [4.69, 9.17) is 5.73 Å². The molecule has 0 heterocycles. The first-order valence-electron chi connectivity index (χ1n) is 4.21. The number of hydrogen-bond acceptors (Lipinski definition) is 1. The number of benzene rings is 1. The van der Waals surface area contributed by atoms with Crippen LogP contribution in [-0.4, -0.2) is 6.04 Å². The molecule has 3 heteroatoms. The van der Waals surface area contributed by atoms with Crippen LogP contribution < -0.4 is 5.73 Å². The molecule has 0 spiro atoms. The SMILES string of the molecule is Cc1cc(F)c(C[C@@H](C)N)cc1F. The average molecular weight is 185 g/mol. The second-order valence-corrected chi connectivity index (χ2v) is 3.37. The van der Waals surface area contributed by atoms with Gasteiger partial charge in [0, 0.05) is 6.04 Å². The molecule has 2 N–H and O–H groups in total. The van der Waals surface area contributed by atoms with E-state index >= 15 is 0 Å². The average Bonchev–Trinajstić information content (AvgIpc) is 1.99. The zero-order valence-electron chi connectivity index (χ0n) is 7.77. The van der Waals surface area contributed by atoms with Crippen molar-refractivity contribution in [3.05, 3.63) is 34.9 Å². The lowest BCUT2D eigenvalue weighted by molar-refractivity contribution is 0.569. The molecule has 72 valence electrons. The molecule has 0 aliphatic heterocycles. The second kappa shape index (κ2) is 3.83. The molecule has 13 heavy (non-hydrogen) atoms. The highest BCUT2D eigenvalue weighted by Crippen LogP contribution is 2.15. The van der Waals surface area contributed by atoms with Gasteiger partial charge in [0.25, 0.3) is 0 Å². The highest BCUT2D eigenvalue weighted by atomic mass is 19.1. The second-order valence-electron chi connectivity index (χ2n) is 3.37. The normalized spacial score (nSPS) is 13.0. The minimum Gasteiger partial charge on any atom is -0.328 e. The first-order valence-corrected chi connectivity index (χ1v) is 4.21. The van der Waals surface area contributed by atoms with Gasteiger partial charge in [-0.1, -0.05) is 0 Å². The van der Waals surface area contributed by atoms with E-state index in [0.717, 1.165) is 0 Å². The molecule has 0 unspecified atom stereocenters. The van der Waals surface area contributed by atoms with E-state index in [1.165, 1.54) is 19.1 Å². The Morgan fingerprint density at radius 3 is 2.46 bits per heavy atom. The van der Waals surface area contributed by atoms with Gasteiger partial charge < -0.3 is 5.73 Å². The van der Waals surface area contributed by atoms with Crippen molar-refractivity contribution in [2.24, 2.45) is 5.73 Å². The van der Waals surface area contributed by atoms with Crippen LogP contribution in [0.4, 0.5) is 8.78 Å². The molecular formula is C10H13F2N. The lowest BCUT2D eigenvalue weighted by Crippen LogP contribution is -2.18. The Bertz CT molecular complexity index is 308. The molecule has 0 aromatic heterocycles. The monoisotopic (exact) mass is 185 g/mol. The summed E-state index contributed by atoms with van der Waals surface area (Å²) < 4.78 is 26.2. The predicted octanol–water partition coefficient (Wildman–Crippen LogP) is 2.16. The van der Waals surface area contributed by atoms with Gasteiger partial charge in [-0.2, -0.15) is 0 Å². The Morgan fingerprint density at radius 2 is 1.92 bits per heavy atom. The van der Waals surface area contributed by atoms with E-state index in [9.17, 15) is 8.78 Å². The van der Waals surface area contributed by atoms with Crippen LogP contribution in [0, 0.1) is 18.6 Å². The molecular weight excluding hydrogens is 172 g/mol. The van der Waals surface area contributed by atoms with Crippen molar-refractivity contribution < 1.29 is 8.78 Å². The van der Waals surface area contributed by atoms with Crippen molar-refractivity contribution >= 4 is 0 Å². The third kappa shape index (κ3) is 2.49. The van der Waals surface area contributed by atoms with Gasteiger partial charge >= 0.3 is 0 Å². The van der Waals surface area contributed by atoms with Crippen LogP contribution >= 0.6 is 0 Å². The zero-order valence-corrected chi connectivity index (χ0v) is 7.77. The number of rotatable bonds is 2. The summed E-state index contributed by atoms with van der Waals surface area (Å²) in [6.07, 6.45) is 0.364. The molecule has 1 nitrogen and oxygen atoms in total. The fraction of sp³-hybridized carbons (Fsp3) is 0.400. The van der Waals surface area contributed by atoms with Crippen molar-refractivity contribution in [3.8, 4) is 0 Å². The first kappa shape index (κ1) is 10.1. The van der Waals surface area contributed by atoms with Crippen molar-refractivity contribution in [2.75, 3.05) is 0 Å². The molecule has 0 saturated heterocycles. The number of aryl methyl sites for hydroxylation is 1. The Morgan fingerprint density at radius 1 is 1.31 bits per heavy atom. The number of halogens is 2. The van der Waals surface area contributed by atoms with Crippen LogP contribution in [0.25, 0.3) is 0 Å². The Labute approximate surface area is 76.6 Å².